The maximum atomic E-state index is 5.61. The van der Waals surface area contributed by atoms with Crippen molar-refractivity contribution in [3.8, 4) is 0 Å². The molecule has 104 valence electrons. The summed E-state index contributed by atoms with van der Waals surface area (Å²) in [7, 11) is 0. The minimum absolute atomic E-state index is 0.315. The number of hydrogen-bond acceptors (Lipinski definition) is 3. The minimum atomic E-state index is -0.315. The number of aryl methyl sites for hydroxylation is 4. The van der Waals surface area contributed by atoms with Gasteiger partial charge in [-0.25, -0.2) is 0 Å². The lowest BCUT2D eigenvalue weighted by atomic mass is 10.2. The van der Waals surface area contributed by atoms with Gasteiger partial charge in [0.2, 0.25) is 0 Å². The zero-order valence-corrected chi connectivity index (χ0v) is 13.8. The van der Waals surface area contributed by atoms with Crippen LogP contribution < -0.4 is 0 Å². The predicted molar refractivity (Wildman–Crippen MR) is 89.4 cm³/mol. The van der Waals surface area contributed by atoms with Gasteiger partial charge in [0.25, 0.3) is 0 Å². The Labute approximate surface area is 127 Å². The van der Waals surface area contributed by atoms with Crippen molar-refractivity contribution in [1.82, 2.24) is 9.97 Å². The summed E-state index contributed by atoms with van der Waals surface area (Å²) in [6, 6.07) is 8.45. The lowest BCUT2D eigenvalue weighted by Gasteiger charge is -1.99. The first-order chi connectivity index (χ1) is 9.63. The van der Waals surface area contributed by atoms with Crippen LogP contribution in [-0.2, 0) is 24.6 Å². The van der Waals surface area contributed by atoms with E-state index in [4.69, 9.17) is 11.8 Å². The molecule has 2 aromatic heterocycles. The Morgan fingerprint density at radius 1 is 0.850 bits per heavy atom. The van der Waals surface area contributed by atoms with Gasteiger partial charge >= 0.3 is 0 Å². The Balaban J connectivity index is 1.75. The second-order valence-electron chi connectivity index (χ2n) is 5.04. The molecule has 0 aliphatic rings. The fourth-order valence-electron chi connectivity index (χ4n) is 1.91. The first-order valence-electron chi connectivity index (χ1n) is 6.88. The summed E-state index contributed by atoms with van der Waals surface area (Å²) < 4.78 is 0. The van der Waals surface area contributed by atoms with Gasteiger partial charge in [0.15, 0.2) is 18.5 Å². The van der Waals surface area contributed by atoms with Crippen LogP contribution in [0.1, 0.15) is 22.5 Å². The van der Waals surface area contributed by atoms with Gasteiger partial charge in [0.1, 0.15) is 12.3 Å². The van der Waals surface area contributed by atoms with Crippen molar-refractivity contribution in [3.05, 3.63) is 59.2 Å². The SMILES string of the molecule is Cc1ccc(CC[P+](=S)CCc2ccc(C)nc2)cn1. The van der Waals surface area contributed by atoms with Gasteiger partial charge in [-0.2, -0.15) is 0 Å². The van der Waals surface area contributed by atoms with E-state index in [0.29, 0.717) is 0 Å². The quantitative estimate of drug-likeness (QED) is 0.759. The van der Waals surface area contributed by atoms with Crippen LogP contribution in [0.25, 0.3) is 0 Å². The second kappa shape index (κ2) is 7.56. The van der Waals surface area contributed by atoms with Crippen LogP contribution in [0.5, 0.6) is 0 Å². The highest BCUT2D eigenvalue weighted by atomic mass is 32.4. The molecule has 0 N–H and O–H groups in total. The molecule has 0 bridgehead atoms. The van der Waals surface area contributed by atoms with E-state index in [1.165, 1.54) is 11.1 Å². The largest absolute Gasteiger partial charge is 0.261 e. The second-order valence-corrected chi connectivity index (χ2v) is 8.45. The fourth-order valence-corrected chi connectivity index (χ4v) is 3.70. The average molecular weight is 303 g/mol. The molecule has 0 unspecified atom stereocenters. The van der Waals surface area contributed by atoms with E-state index >= 15 is 0 Å². The van der Waals surface area contributed by atoms with Crippen molar-refractivity contribution in [2.75, 3.05) is 12.3 Å². The van der Waals surface area contributed by atoms with Gasteiger partial charge < -0.3 is 0 Å². The zero-order chi connectivity index (χ0) is 14.4. The number of rotatable bonds is 6. The topological polar surface area (TPSA) is 25.8 Å². The van der Waals surface area contributed by atoms with Crippen molar-refractivity contribution in [1.29, 1.82) is 0 Å². The molecule has 2 rings (SSSR count). The molecule has 0 aromatic carbocycles. The van der Waals surface area contributed by atoms with Crippen LogP contribution in [-0.4, -0.2) is 22.3 Å². The molecule has 2 heterocycles. The number of pyridine rings is 2. The van der Waals surface area contributed by atoms with Crippen molar-refractivity contribution in [2.45, 2.75) is 26.7 Å². The molecule has 4 heteroatoms. The molecule has 2 aromatic rings. The first-order valence-corrected chi connectivity index (χ1v) is 9.61. The molecular weight excluding hydrogens is 283 g/mol. The van der Waals surface area contributed by atoms with Gasteiger partial charge in [-0.05, 0) is 37.1 Å². The highest BCUT2D eigenvalue weighted by Crippen LogP contribution is 2.23. The molecule has 0 atom stereocenters. The van der Waals surface area contributed by atoms with Gasteiger partial charge in [-0.3, -0.25) is 9.97 Å². The van der Waals surface area contributed by atoms with Crippen LogP contribution >= 0.6 is 6.70 Å². The Bertz CT molecular complexity index is 513. The van der Waals surface area contributed by atoms with Crippen LogP contribution in [0.15, 0.2) is 36.7 Å². The van der Waals surface area contributed by atoms with E-state index in [0.717, 1.165) is 36.6 Å². The standard InChI is InChI=1S/C16H20N2PS/c1-13-3-5-15(11-17-13)7-9-19(20)10-8-16-6-4-14(2)18-12-16/h3-6,11-12H,7-10H2,1-2H3/q+1. The van der Waals surface area contributed by atoms with Crippen molar-refractivity contribution in [2.24, 2.45) is 0 Å². The monoisotopic (exact) mass is 303 g/mol. The van der Waals surface area contributed by atoms with E-state index < -0.39 is 0 Å². The third kappa shape index (κ3) is 5.07. The normalized spacial score (nSPS) is 10.5. The minimum Gasteiger partial charge on any atom is -0.261 e. The lowest BCUT2D eigenvalue weighted by molar-refractivity contribution is 1.06. The van der Waals surface area contributed by atoms with Gasteiger partial charge in [0.05, 0.1) is 0 Å². The third-order valence-corrected chi connectivity index (χ3v) is 5.79. The predicted octanol–water partition coefficient (Wildman–Crippen LogP) is 3.82. The molecule has 0 radical (unpaired) electrons. The summed E-state index contributed by atoms with van der Waals surface area (Å²) >= 11 is 5.61. The van der Waals surface area contributed by atoms with Crippen molar-refractivity contribution in [3.63, 3.8) is 0 Å². The van der Waals surface area contributed by atoms with Crippen LogP contribution in [0, 0.1) is 13.8 Å². The van der Waals surface area contributed by atoms with E-state index in [1.54, 1.807) is 0 Å². The molecular formula is C16H20N2PS+. The van der Waals surface area contributed by atoms with Crippen LogP contribution in [0.2, 0.25) is 0 Å². The lowest BCUT2D eigenvalue weighted by Crippen LogP contribution is -1.95. The summed E-state index contributed by atoms with van der Waals surface area (Å²) in [5, 5.41) is 0. The molecule has 0 amide bonds. The molecule has 0 aliphatic carbocycles. The van der Waals surface area contributed by atoms with E-state index in [2.05, 4.69) is 34.2 Å². The smallest absolute Gasteiger partial charge is 0.175 e. The van der Waals surface area contributed by atoms with E-state index in [9.17, 15) is 0 Å². The number of aromatic nitrogens is 2. The fraction of sp³-hybridized carbons (Fsp3) is 0.375. The molecule has 0 spiro atoms. The third-order valence-electron chi connectivity index (χ3n) is 3.24. The van der Waals surface area contributed by atoms with Crippen LogP contribution in [0.3, 0.4) is 0 Å². The number of nitrogens with zero attached hydrogens (tertiary/aromatic N) is 2. The Kier molecular flexibility index (Phi) is 5.75. The molecule has 0 aliphatic heterocycles. The summed E-state index contributed by atoms with van der Waals surface area (Å²) in [5.74, 6) is 0. The summed E-state index contributed by atoms with van der Waals surface area (Å²) in [6.45, 7) is 3.71. The van der Waals surface area contributed by atoms with E-state index in [1.807, 2.05) is 26.2 Å². The van der Waals surface area contributed by atoms with Gasteiger partial charge in [-0.1, -0.05) is 12.1 Å². The van der Waals surface area contributed by atoms with Crippen molar-refractivity contribution < 1.29 is 0 Å². The highest BCUT2D eigenvalue weighted by Gasteiger charge is 2.10. The maximum Gasteiger partial charge on any atom is 0.175 e. The van der Waals surface area contributed by atoms with Crippen LogP contribution in [0.4, 0.5) is 0 Å². The number of hydrogen-bond donors (Lipinski definition) is 0. The first kappa shape index (κ1) is 15.2. The van der Waals surface area contributed by atoms with Gasteiger partial charge in [0, 0.05) is 36.6 Å². The average Bonchev–Trinajstić information content (AvgIpc) is 2.46. The Morgan fingerprint density at radius 3 is 1.65 bits per heavy atom. The Hall–Kier alpha value is -1.18. The summed E-state index contributed by atoms with van der Waals surface area (Å²) in [6.07, 6.45) is 8.25. The molecule has 0 fully saturated rings. The highest BCUT2D eigenvalue weighted by molar-refractivity contribution is 8.05. The zero-order valence-electron chi connectivity index (χ0n) is 12.0. The van der Waals surface area contributed by atoms with E-state index in [-0.39, 0.29) is 6.70 Å². The summed E-state index contributed by atoms with van der Waals surface area (Å²) in [4.78, 5) is 8.65. The molecule has 20 heavy (non-hydrogen) atoms. The van der Waals surface area contributed by atoms with Crippen molar-refractivity contribution >= 4 is 18.5 Å². The Morgan fingerprint density at radius 2 is 1.30 bits per heavy atom. The summed E-state index contributed by atoms with van der Waals surface area (Å²) in [5.41, 5.74) is 4.73. The molecule has 0 saturated heterocycles. The van der Waals surface area contributed by atoms with Gasteiger partial charge in [-0.15, -0.1) is 0 Å². The molecule has 0 saturated carbocycles. The maximum absolute atomic E-state index is 5.61. The molecule has 2 nitrogen and oxygen atoms in total.